The number of rotatable bonds is 8. The first-order chi connectivity index (χ1) is 17.4. The number of ether oxygens (including phenoxy) is 2. The average Bonchev–Trinajstić information content (AvgIpc) is 3.56. The molecule has 2 aliphatic rings. The second kappa shape index (κ2) is 10.6. The molecule has 36 heavy (non-hydrogen) atoms. The Hall–Kier alpha value is -2.34. The first-order valence-electron chi connectivity index (χ1n) is 12.3. The molecule has 1 aliphatic carbocycles. The number of aliphatic hydroxyl groups is 3. The highest BCUT2D eigenvalue weighted by Gasteiger charge is 2.44. The maximum atomic E-state index is 10.4. The zero-order chi connectivity index (χ0) is 25.4. The van der Waals surface area contributed by atoms with Crippen LogP contribution in [0.5, 0.6) is 0 Å². The number of hydrogen-bond acceptors (Lipinski definition) is 9. The van der Waals surface area contributed by atoms with Crippen LogP contribution < -0.4 is 5.32 Å². The maximum Gasteiger partial charge on any atom is 0.226 e. The summed E-state index contributed by atoms with van der Waals surface area (Å²) < 4.78 is 13.4. The Kier molecular flexibility index (Phi) is 7.43. The van der Waals surface area contributed by atoms with Gasteiger partial charge in [-0.2, -0.15) is 9.97 Å². The first-order valence-corrected chi connectivity index (χ1v) is 12.7. The zero-order valence-corrected chi connectivity index (χ0v) is 21.0. The first kappa shape index (κ1) is 25.3. The fourth-order valence-electron chi connectivity index (χ4n) is 4.95. The molecule has 0 spiro atoms. The quantitative estimate of drug-likeness (QED) is 0.332. The van der Waals surface area contributed by atoms with Crippen molar-refractivity contribution in [2.75, 3.05) is 11.9 Å². The summed E-state index contributed by atoms with van der Waals surface area (Å²) in [6.07, 6.45) is -0.0339. The van der Waals surface area contributed by atoms with Crippen LogP contribution in [-0.4, -0.2) is 71.9 Å². The minimum atomic E-state index is -1.26. The molecule has 1 aliphatic heterocycles. The number of anilines is 1. The zero-order valence-electron chi connectivity index (χ0n) is 20.3. The second-order valence-electron chi connectivity index (χ2n) is 9.82. The topological polar surface area (TPSA) is 135 Å². The van der Waals surface area contributed by atoms with E-state index in [2.05, 4.69) is 58.4 Å². The molecule has 1 saturated carbocycles. The van der Waals surface area contributed by atoms with E-state index in [9.17, 15) is 15.3 Å². The smallest absolute Gasteiger partial charge is 0.226 e. The highest BCUT2D eigenvalue weighted by atomic mass is 35.5. The van der Waals surface area contributed by atoms with Gasteiger partial charge in [-0.15, -0.1) is 0 Å². The number of nitrogens with zero attached hydrogens (tertiary/aromatic N) is 4. The third-order valence-electron chi connectivity index (χ3n) is 7.07. The molecular weight excluding hydrogens is 486 g/mol. The molecular formula is C25H32ClN5O5. The Balaban J connectivity index is 1.32. The number of imidazole rings is 1. The normalized spacial score (nSPS) is 28.4. The average molecular weight is 518 g/mol. The van der Waals surface area contributed by atoms with E-state index in [4.69, 9.17) is 21.1 Å². The van der Waals surface area contributed by atoms with E-state index < -0.39 is 31.1 Å². The van der Waals surface area contributed by atoms with Crippen molar-refractivity contribution in [3.63, 3.8) is 0 Å². The molecule has 5 rings (SSSR count). The summed E-state index contributed by atoms with van der Waals surface area (Å²) in [7, 11) is 0. The molecule has 3 aromatic rings. The van der Waals surface area contributed by atoms with E-state index in [1.54, 1.807) is 0 Å². The van der Waals surface area contributed by atoms with Crippen LogP contribution in [0.3, 0.4) is 0 Å². The molecule has 194 valence electrons. The molecule has 11 heteroatoms. The van der Waals surface area contributed by atoms with Crippen molar-refractivity contribution in [2.24, 2.45) is 0 Å². The van der Waals surface area contributed by atoms with E-state index in [1.165, 1.54) is 16.5 Å². The van der Waals surface area contributed by atoms with E-state index >= 15 is 0 Å². The van der Waals surface area contributed by atoms with Gasteiger partial charge in [-0.05, 0) is 47.9 Å². The molecule has 6 atom stereocenters. The summed E-state index contributed by atoms with van der Waals surface area (Å²) in [4.78, 5) is 13.1. The largest absolute Gasteiger partial charge is 0.394 e. The van der Waals surface area contributed by atoms with Crippen LogP contribution in [-0.2, 0) is 16.1 Å². The fourth-order valence-corrected chi connectivity index (χ4v) is 5.12. The summed E-state index contributed by atoms with van der Waals surface area (Å²) in [6, 6.07) is 8.55. The summed E-state index contributed by atoms with van der Waals surface area (Å²) >= 11 is 6.25. The highest BCUT2D eigenvalue weighted by molar-refractivity contribution is 6.28. The molecule has 2 aromatic heterocycles. The van der Waals surface area contributed by atoms with Crippen LogP contribution >= 0.6 is 11.6 Å². The van der Waals surface area contributed by atoms with E-state index in [0.29, 0.717) is 29.5 Å². The van der Waals surface area contributed by atoms with Gasteiger partial charge in [-0.1, -0.05) is 38.1 Å². The van der Waals surface area contributed by atoms with Crippen LogP contribution in [0.25, 0.3) is 11.2 Å². The van der Waals surface area contributed by atoms with Crippen LogP contribution in [0, 0.1) is 0 Å². The van der Waals surface area contributed by atoms with Gasteiger partial charge >= 0.3 is 0 Å². The Labute approximate surface area is 214 Å². The molecule has 3 unspecified atom stereocenters. The summed E-state index contributed by atoms with van der Waals surface area (Å²) in [5.41, 5.74) is 3.26. The Bertz CT molecular complexity index is 1190. The van der Waals surface area contributed by atoms with Gasteiger partial charge in [0.1, 0.15) is 18.3 Å². The third-order valence-corrected chi connectivity index (χ3v) is 7.24. The number of fused-ring (bicyclic) bond motifs is 1. The van der Waals surface area contributed by atoms with Crippen molar-refractivity contribution in [1.82, 2.24) is 19.5 Å². The van der Waals surface area contributed by atoms with Crippen molar-refractivity contribution < 1.29 is 24.8 Å². The molecule has 4 N–H and O–H groups in total. The van der Waals surface area contributed by atoms with Crippen molar-refractivity contribution in [3.05, 3.63) is 47.0 Å². The summed E-state index contributed by atoms with van der Waals surface area (Å²) in [5, 5.41) is 33.5. The predicted molar refractivity (Wildman–Crippen MR) is 134 cm³/mol. The molecule has 1 aromatic carbocycles. The fraction of sp³-hybridized carbons (Fsp3) is 0.560. The van der Waals surface area contributed by atoms with Crippen LogP contribution in [0.2, 0.25) is 5.28 Å². The molecule has 0 amide bonds. The number of benzene rings is 1. The molecule has 3 heterocycles. The van der Waals surface area contributed by atoms with Crippen molar-refractivity contribution >= 4 is 28.6 Å². The lowest BCUT2D eigenvalue weighted by molar-refractivity contribution is -0.0511. The molecule has 2 fully saturated rings. The van der Waals surface area contributed by atoms with Gasteiger partial charge in [0, 0.05) is 0 Å². The summed E-state index contributed by atoms with van der Waals surface area (Å²) in [6.45, 7) is 4.46. The van der Waals surface area contributed by atoms with Crippen molar-refractivity contribution in [1.29, 1.82) is 0 Å². The third kappa shape index (κ3) is 4.93. The molecule has 10 nitrogen and oxygen atoms in total. The lowest BCUT2D eigenvalue weighted by Gasteiger charge is -2.22. The number of aromatic nitrogens is 4. The lowest BCUT2D eigenvalue weighted by atomic mass is 10.0. The number of hydrogen-bond donors (Lipinski definition) is 4. The van der Waals surface area contributed by atoms with E-state index in [1.807, 2.05) is 0 Å². The monoisotopic (exact) mass is 517 g/mol. The summed E-state index contributed by atoms with van der Waals surface area (Å²) in [5.74, 6) is 0.963. The van der Waals surface area contributed by atoms with Crippen LogP contribution in [0.1, 0.15) is 56.4 Å². The standard InChI is InChI=1S/C25H32ClN5O5/c1-13(2)15-8-6-14(7-9-15)11-35-17-5-3-4-16(17)28-22-19-23(30-25(26)29-22)31(12-27-19)24-21(34)20(33)18(10-32)36-24/h6-9,12-13,16-18,20-21,24,32-34H,3-5,10-11H2,1-2H3,(H,28,29,30)/t16?,17-,18?,20+,21+,24?/m0/s1. The van der Waals surface area contributed by atoms with Gasteiger partial charge < -0.3 is 30.1 Å². The number of aliphatic hydroxyl groups excluding tert-OH is 3. The molecule has 0 radical (unpaired) electrons. The highest BCUT2D eigenvalue weighted by Crippen LogP contribution is 2.34. The van der Waals surface area contributed by atoms with Gasteiger partial charge in [0.2, 0.25) is 5.28 Å². The van der Waals surface area contributed by atoms with Crippen LogP contribution in [0.4, 0.5) is 5.82 Å². The van der Waals surface area contributed by atoms with Crippen molar-refractivity contribution in [3.8, 4) is 0 Å². The van der Waals surface area contributed by atoms with Gasteiger partial charge in [0.25, 0.3) is 0 Å². The van der Waals surface area contributed by atoms with E-state index in [0.717, 1.165) is 24.8 Å². The Morgan fingerprint density at radius 2 is 1.94 bits per heavy atom. The van der Waals surface area contributed by atoms with Gasteiger partial charge in [0.05, 0.1) is 31.7 Å². The second-order valence-corrected chi connectivity index (χ2v) is 10.2. The Morgan fingerprint density at radius 3 is 2.64 bits per heavy atom. The lowest BCUT2D eigenvalue weighted by Crippen LogP contribution is -2.33. The van der Waals surface area contributed by atoms with Crippen LogP contribution in [0.15, 0.2) is 30.6 Å². The number of halogens is 1. The molecule has 0 bridgehead atoms. The SMILES string of the molecule is CC(C)c1ccc(CO[C@H]2CCCC2Nc2nc(Cl)nc3c2ncn3C2OC(CO)[C@@H](O)[C@H]2O)cc1. The minimum Gasteiger partial charge on any atom is -0.394 e. The predicted octanol–water partition coefficient (Wildman–Crippen LogP) is 2.76. The maximum absolute atomic E-state index is 10.4. The van der Waals surface area contributed by atoms with Gasteiger partial charge in [0.15, 0.2) is 23.2 Å². The van der Waals surface area contributed by atoms with Gasteiger partial charge in [-0.3, -0.25) is 4.57 Å². The molecule has 1 saturated heterocycles. The van der Waals surface area contributed by atoms with E-state index in [-0.39, 0.29) is 17.4 Å². The van der Waals surface area contributed by atoms with Gasteiger partial charge in [-0.25, -0.2) is 4.98 Å². The van der Waals surface area contributed by atoms with Crippen molar-refractivity contribution in [2.45, 2.75) is 82.3 Å². The minimum absolute atomic E-state index is 0.00102. The number of nitrogens with one attached hydrogen (secondary N) is 1. The Morgan fingerprint density at radius 1 is 1.17 bits per heavy atom.